The van der Waals surface area contributed by atoms with Crippen molar-refractivity contribution in [1.29, 1.82) is 0 Å². The van der Waals surface area contributed by atoms with E-state index in [1.165, 1.54) is 5.69 Å². The summed E-state index contributed by atoms with van der Waals surface area (Å²) in [5, 5.41) is 22.4. The van der Waals surface area contributed by atoms with Gasteiger partial charge in [0.1, 0.15) is 0 Å². The van der Waals surface area contributed by atoms with Crippen LogP contribution in [-0.2, 0) is 14.3 Å². The summed E-state index contributed by atoms with van der Waals surface area (Å²) in [6.45, 7) is 9.67. The molecule has 2 fully saturated rings. The Hall–Kier alpha value is -4.23. The van der Waals surface area contributed by atoms with Crippen LogP contribution in [0.15, 0.2) is 36.4 Å². The van der Waals surface area contributed by atoms with Crippen molar-refractivity contribution >= 4 is 40.9 Å². The molecule has 1 aromatic carbocycles. The maximum absolute atomic E-state index is 12.2. The summed E-state index contributed by atoms with van der Waals surface area (Å²) in [4.78, 5) is 45.4. The Morgan fingerprint density at radius 1 is 0.976 bits per heavy atom. The van der Waals surface area contributed by atoms with Gasteiger partial charge in [0.15, 0.2) is 17.3 Å². The third-order valence-corrected chi connectivity index (χ3v) is 6.63. The van der Waals surface area contributed by atoms with Gasteiger partial charge in [-0.25, -0.2) is 19.6 Å². The zero-order valence-corrected chi connectivity index (χ0v) is 23.7. The smallest absolute Gasteiger partial charge is 0.328 e. The van der Waals surface area contributed by atoms with Crippen LogP contribution in [0, 0.1) is 0 Å². The molecule has 1 amide bonds. The standard InChI is InChI=1S/C24H35N7O2.C4H4O4/c1-16(2)20-23(27-18-8-14-33-15-9-18)29-24(21(28-20)22(25)32)26-17-4-6-19(7-5-17)31-12-10-30(3)11-13-31;5-3(6)1-2-4(7)8/h4-7,16,18H,8-15H2,1-3H3,(H2,25,32)(H2,26,27,29);1-2H,(H,5,6)(H,7,8)/b;2-1+. The second-order valence-electron chi connectivity index (χ2n) is 10.2. The van der Waals surface area contributed by atoms with Crippen LogP contribution in [0.1, 0.15) is 48.8 Å². The predicted molar refractivity (Wildman–Crippen MR) is 156 cm³/mol. The second-order valence-corrected chi connectivity index (χ2v) is 10.2. The fourth-order valence-corrected chi connectivity index (χ4v) is 4.35. The molecule has 0 saturated carbocycles. The van der Waals surface area contributed by atoms with E-state index in [2.05, 4.69) is 44.6 Å². The molecule has 41 heavy (non-hydrogen) atoms. The molecular weight excluding hydrogens is 530 g/mol. The number of amides is 1. The van der Waals surface area contributed by atoms with Gasteiger partial charge in [0.05, 0.1) is 5.69 Å². The number of anilines is 4. The first-order valence-electron chi connectivity index (χ1n) is 13.5. The van der Waals surface area contributed by atoms with Crippen molar-refractivity contribution in [2.24, 2.45) is 5.73 Å². The molecule has 0 aliphatic carbocycles. The van der Waals surface area contributed by atoms with Gasteiger partial charge in [-0.2, -0.15) is 0 Å². The van der Waals surface area contributed by atoms with Crippen molar-refractivity contribution in [1.82, 2.24) is 14.9 Å². The van der Waals surface area contributed by atoms with Crippen molar-refractivity contribution in [3.05, 3.63) is 47.8 Å². The number of piperazine rings is 1. The molecule has 2 aromatic rings. The normalized spacial score (nSPS) is 16.2. The molecule has 1 aromatic heterocycles. The number of carboxylic acid groups (broad SMARTS) is 2. The number of carbonyl (C=O) groups excluding carboxylic acids is 1. The highest BCUT2D eigenvalue weighted by Gasteiger charge is 2.23. The molecular formula is C28H39N7O6. The van der Waals surface area contributed by atoms with Gasteiger partial charge in [0, 0.05) is 69.0 Å². The van der Waals surface area contributed by atoms with Gasteiger partial charge in [-0.15, -0.1) is 0 Å². The molecule has 2 aliphatic rings. The number of hydrogen-bond donors (Lipinski definition) is 5. The Labute approximate surface area is 239 Å². The van der Waals surface area contributed by atoms with Crippen LogP contribution in [-0.4, -0.2) is 95.4 Å². The molecule has 2 saturated heterocycles. The van der Waals surface area contributed by atoms with E-state index in [0.717, 1.165) is 63.6 Å². The Bertz CT molecular complexity index is 1210. The number of nitrogens with zero attached hydrogens (tertiary/aromatic N) is 4. The average molecular weight is 570 g/mol. The summed E-state index contributed by atoms with van der Waals surface area (Å²) in [5.74, 6) is -1.96. The molecule has 0 radical (unpaired) electrons. The Morgan fingerprint density at radius 2 is 1.56 bits per heavy atom. The van der Waals surface area contributed by atoms with Crippen LogP contribution in [0.4, 0.5) is 23.0 Å². The summed E-state index contributed by atoms with van der Waals surface area (Å²) in [6.07, 6.45) is 2.94. The van der Waals surface area contributed by atoms with Crippen molar-refractivity contribution < 1.29 is 29.3 Å². The van der Waals surface area contributed by atoms with Crippen LogP contribution in [0.25, 0.3) is 0 Å². The number of carboxylic acids is 2. The van der Waals surface area contributed by atoms with Crippen molar-refractivity contribution in [3.63, 3.8) is 0 Å². The molecule has 4 rings (SSSR count). The first-order valence-corrected chi connectivity index (χ1v) is 13.5. The zero-order valence-electron chi connectivity index (χ0n) is 23.7. The molecule has 0 bridgehead atoms. The van der Waals surface area contributed by atoms with Crippen LogP contribution in [0.3, 0.4) is 0 Å². The Balaban J connectivity index is 0.000000507. The summed E-state index contributed by atoms with van der Waals surface area (Å²) < 4.78 is 5.47. The molecule has 0 atom stereocenters. The monoisotopic (exact) mass is 569 g/mol. The van der Waals surface area contributed by atoms with E-state index in [1.807, 2.05) is 26.0 Å². The third kappa shape index (κ3) is 9.72. The number of likely N-dealkylation sites (N-methyl/N-ethyl adjacent to an activating group) is 1. The van der Waals surface area contributed by atoms with Gasteiger partial charge < -0.3 is 41.1 Å². The topological polar surface area (TPSA) is 183 Å². The number of benzene rings is 1. The molecule has 13 heteroatoms. The predicted octanol–water partition coefficient (Wildman–Crippen LogP) is 2.50. The van der Waals surface area contributed by atoms with Crippen molar-refractivity contribution in [2.75, 3.05) is 62.0 Å². The number of aliphatic carboxylic acids is 2. The van der Waals surface area contributed by atoms with Crippen molar-refractivity contribution in [2.45, 2.75) is 38.6 Å². The van der Waals surface area contributed by atoms with Crippen LogP contribution in [0.2, 0.25) is 0 Å². The van der Waals surface area contributed by atoms with E-state index < -0.39 is 17.8 Å². The van der Waals surface area contributed by atoms with E-state index in [4.69, 9.17) is 25.7 Å². The molecule has 222 valence electrons. The Kier molecular flexibility index (Phi) is 11.4. The molecule has 2 aliphatic heterocycles. The fraction of sp³-hybridized carbons (Fsp3) is 0.464. The molecule has 6 N–H and O–H groups in total. The van der Waals surface area contributed by atoms with E-state index in [9.17, 15) is 14.4 Å². The minimum absolute atomic E-state index is 0.0925. The average Bonchev–Trinajstić information content (AvgIpc) is 2.93. The summed E-state index contributed by atoms with van der Waals surface area (Å²) >= 11 is 0. The lowest BCUT2D eigenvalue weighted by atomic mass is 10.1. The van der Waals surface area contributed by atoms with E-state index in [-0.39, 0.29) is 17.7 Å². The van der Waals surface area contributed by atoms with Gasteiger partial charge in [-0.1, -0.05) is 13.8 Å². The van der Waals surface area contributed by atoms with Crippen molar-refractivity contribution in [3.8, 4) is 0 Å². The number of nitrogens with two attached hydrogens (primary N) is 1. The van der Waals surface area contributed by atoms with E-state index >= 15 is 0 Å². The van der Waals surface area contributed by atoms with Crippen LogP contribution >= 0.6 is 0 Å². The van der Waals surface area contributed by atoms with Gasteiger partial charge in [0.2, 0.25) is 0 Å². The number of hydrogen-bond acceptors (Lipinski definition) is 10. The highest BCUT2D eigenvalue weighted by Crippen LogP contribution is 2.29. The second kappa shape index (κ2) is 15.0. The van der Waals surface area contributed by atoms with Crippen LogP contribution < -0.4 is 21.3 Å². The SMILES string of the molecule is CC(C)c1nc(C(N)=O)c(Nc2ccc(N3CCN(C)CC3)cc2)nc1NC1CCOCC1.O=C(O)/C=C/C(=O)O. The van der Waals surface area contributed by atoms with Gasteiger partial charge in [-0.3, -0.25) is 4.79 Å². The fourth-order valence-electron chi connectivity index (χ4n) is 4.35. The zero-order chi connectivity index (χ0) is 29.9. The maximum atomic E-state index is 12.2. The minimum Gasteiger partial charge on any atom is -0.478 e. The van der Waals surface area contributed by atoms with E-state index in [1.54, 1.807) is 0 Å². The first-order chi connectivity index (χ1) is 19.5. The third-order valence-electron chi connectivity index (χ3n) is 6.63. The number of carbonyl (C=O) groups is 3. The summed E-state index contributed by atoms with van der Waals surface area (Å²) in [7, 11) is 2.15. The lowest BCUT2D eigenvalue weighted by Gasteiger charge is -2.34. The maximum Gasteiger partial charge on any atom is 0.328 e. The first kappa shape index (κ1) is 31.3. The van der Waals surface area contributed by atoms with Gasteiger partial charge >= 0.3 is 11.9 Å². The summed E-state index contributed by atoms with van der Waals surface area (Å²) in [5.41, 5.74) is 8.59. The highest BCUT2D eigenvalue weighted by atomic mass is 16.5. The number of aromatic nitrogens is 2. The van der Waals surface area contributed by atoms with Crippen LogP contribution in [0.5, 0.6) is 0 Å². The molecule has 0 spiro atoms. The largest absolute Gasteiger partial charge is 0.478 e. The van der Waals surface area contributed by atoms with Gasteiger partial charge in [-0.05, 0) is 50.1 Å². The number of rotatable bonds is 9. The highest BCUT2D eigenvalue weighted by molar-refractivity contribution is 5.96. The molecule has 3 heterocycles. The molecule has 13 nitrogen and oxygen atoms in total. The lowest BCUT2D eigenvalue weighted by Crippen LogP contribution is -2.44. The van der Waals surface area contributed by atoms with Gasteiger partial charge in [0.25, 0.3) is 5.91 Å². The minimum atomic E-state index is -1.26. The van der Waals surface area contributed by atoms with E-state index in [0.29, 0.717) is 23.8 Å². The lowest BCUT2D eigenvalue weighted by molar-refractivity contribution is -0.134. The number of ether oxygens (including phenoxy) is 1. The molecule has 0 unspecified atom stereocenters. The number of primary amides is 1. The summed E-state index contributed by atoms with van der Waals surface area (Å²) in [6, 6.07) is 8.45. The quantitative estimate of drug-likeness (QED) is 0.279. The Morgan fingerprint density at radius 3 is 2.07 bits per heavy atom. The number of nitrogens with one attached hydrogen (secondary N) is 2.